The Bertz CT molecular complexity index is 345. The lowest BCUT2D eigenvalue weighted by Gasteiger charge is -2.20. The van der Waals surface area contributed by atoms with Gasteiger partial charge in [0.1, 0.15) is 5.82 Å². The molecular weight excluding hydrogens is 226 g/mol. The summed E-state index contributed by atoms with van der Waals surface area (Å²) in [6.45, 7) is 7.93. The molecule has 0 bridgehead atoms. The maximum atomic E-state index is 5.47. The van der Waals surface area contributed by atoms with Crippen LogP contribution in [0.1, 0.15) is 44.0 Å². The van der Waals surface area contributed by atoms with Crippen molar-refractivity contribution in [1.29, 1.82) is 0 Å². The van der Waals surface area contributed by atoms with Crippen LogP contribution in [0.2, 0.25) is 0 Å². The number of hydrogen-bond acceptors (Lipinski definition) is 4. The van der Waals surface area contributed by atoms with Crippen LogP contribution >= 0.6 is 0 Å². The van der Waals surface area contributed by atoms with E-state index in [9.17, 15) is 0 Å². The highest BCUT2D eigenvalue weighted by molar-refractivity contribution is 5.07. The molecule has 1 saturated heterocycles. The number of ether oxygens (including phenoxy) is 1. The Kier molecular flexibility index (Phi) is 5.08. The van der Waals surface area contributed by atoms with E-state index in [4.69, 9.17) is 4.74 Å². The topological polar surface area (TPSA) is 47.0 Å². The number of nitrogens with zero attached hydrogens (tertiary/aromatic N) is 2. The molecule has 0 amide bonds. The van der Waals surface area contributed by atoms with E-state index in [1.807, 2.05) is 12.4 Å². The second-order valence-corrected chi connectivity index (χ2v) is 5.39. The molecule has 2 rings (SSSR count). The molecule has 1 N–H and O–H groups in total. The zero-order valence-corrected chi connectivity index (χ0v) is 11.4. The SMILES string of the molecule is CC(C)CNCc1cnc(C2CCCOC2)nc1. The maximum absolute atomic E-state index is 5.47. The molecule has 0 aromatic carbocycles. The summed E-state index contributed by atoms with van der Waals surface area (Å²) < 4.78 is 5.47. The lowest BCUT2D eigenvalue weighted by molar-refractivity contribution is 0.0780. The standard InChI is InChI=1S/C14H23N3O/c1-11(2)6-15-7-12-8-16-14(17-9-12)13-4-3-5-18-10-13/h8-9,11,13,15H,3-7,10H2,1-2H3. The van der Waals surface area contributed by atoms with Crippen molar-refractivity contribution in [1.82, 2.24) is 15.3 Å². The minimum Gasteiger partial charge on any atom is -0.381 e. The Morgan fingerprint density at radius 3 is 2.78 bits per heavy atom. The molecule has 0 radical (unpaired) electrons. The number of hydrogen-bond donors (Lipinski definition) is 1. The average molecular weight is 249 g/mol. The van der Waals surface area contributed by atoms with Crippen molar-refractivity contribution in [2.45, 2.75) is 39.2 Å². The third kappa shape index (κ3) is 4.03. The lowest BCUT2D eigenvalue weighted by Crippen LogP contribution is -2.20. The molecule has 1 aliphatic rings. The van der Waals surface area contributed by atoms with Gasteiger partial charge in [-0.3, -0.25) is 0 Å². The predicted molar refractivity (Wildman–Crippen MR) is 71.4 cm³/mol. The summed E-state index contributed by atoms with van der Waals surface area (Å²) in [5.74, 6) is 1.99. The minimum absolute atomic E-state index is 0.386. The van der Waals surface area contributed by atoms with Crippen LogP contribution in [0.15, 0.2) is 12.4 Å². The van der Waals surface area contributed by atoms with Gasteiger partial charge < -0.3 is 10.1 Å². The Hall–Kier alpha value is -1.00. The van der Waals surface area contributed by atoms with Crippen molar-refractivity contribution >= 4 is 0 Å². The number of rotatable bonds is 5. The van der Waals surface area contributed by atoms with E-state index in [2.05, 4.69) is 29.1 Å². The van der Waals surface area contributed by atoms with Crippen molar-refractivity contribution < 1.29 is 4.74 Å². The van der Waals surface area contributed by atoms with Crippen LogP contribution in [0.5, 0.6) is 0 Å². The average Bonchev–Trinajstić information content (AvgIpc) is 2.40. The van der Waals surface area contributed by atoms with Gasteiger partial charge in [-0.2, -0.15) is 0 Å². The van der Waals surface area contributed by atoms with Gasteiger partial charge in [-0.1, -0.05) is 13.8 Å². The van der Waals surface area contributed by atoms with Gasteiger partial charge in [0.25, 0.3) is 0 Å². The van der Waals surface area contributed by atoms with Crippen LogP contribution in [0, 0.1) is 5.92 Å². The second-order valence-electron chi connectivity index (χ2n) is 5.39. The molecule has 100 valence electrons. The van der Waals surface area contributed by atoms with Gasteiger partial charge in [0.15, 0.2) is 0 Å². The molecule has 1 aromatic heterocycles. The molecule has 18 heavy (non-hydrogen) atoms. The first-order valence-electron chi connectivity index (χ1n) is 6.85. The molecule has 4 nitrogen and oxygen atoms in total. The molecule has 1 aromatic rings. The fourth-order valence-electron chi connectivity index (χ4n) is 2.12. The molecule has 0 spiro atoms. The van der Waals surface area contributed by atoms with Crippen molar-refractivity contribution in [2.24, 2.45) is 5.92 Å². The molecule has 2 heterocycles. The van der Waals surface area contributed by atoms with Gasteiger partial charge in [-0.05, 0) is 25.3 Å². The van der Waals surface area contributed by atoms with E-state index in [1.165, 1.54) is 0 Å². The molecule has 0 saturated carbocycles. The van der Waals surface area contributed by atoms with Gasteiger partial charge in [0.2, 0.25) is 0 Å². The van der Waals surface area contributed by atoms with E-state index in [-0.39, 0.29) is 0 Å². The summed E-state index contributed by atoms with van der Waals surface area (Å²) in [6, 6.07) is 0. The van der Waals surface area contributed by atoms with E-state index in [0.717, 1.165) is 50.5 Å². The van der Waals surface area contributed by atoms with Crippen LogP contribution in [0.3, 0.4) is 0 Å². The fourth-order valence-corrected chi connectivity index (χ4v) is 2.12. The third-order valence-corrected chi connectivity index (χ3v) is 3.13. The first-order valence-corrected chi connectivity index (χ1v) is 6.85. The van der Waals surface area contributed by atoms with E-state index >= 15 is 0 Å². The Morgan fingerprint density at radius 2 is 2.17 bits per heavy atom. The van der Waals surface area contributed by atoms with E-state index < -0.39 is 0 Å². The predicted octanol–water partition coefficient (Wildman–Crippen LogP) is 2.12. The highest BCUT2D eigenvalue weighted by Gasteiger charge is 2.18. The molecule has 1 atom stereocenters. The first-order chi connectivity index (χ1) is 8.75. The second kappa shape index (κ2) is 6.81. The summed E-state index contributed by atoms with van der Waals surface area (Å²) in [4.78, 5) is 8.94. The largest absolute Gasteiger partial charge is 0.381 e. The molecule has 1 fully saturated rings. The van der Waals surface area contributed by atoms with Crippen molar-refractivity contribution in [3.63, 3.8) is 0 Å². The van der Waals surface area contributed by atoms with E-state index in [1.54, 1.807) is 0 Å². The number of aromatic nitrogens is 2. The summed E-state index contributed by atoms with van der Waals surface area (Å²) in [5, 5.41) is 3.40. The maximum Gasteiger partial charge on any atom is 0.133 e. The van der Waals surface area contributed by atoms with Crippen molar-refractivity contribution in [3.05, 3.63) is 23.8 Å². The molecule has 1 unspecified atom stereocenters. The third-order valence-electron chi connectivity index (χ3n) is 3.13. The van der Waals surface area contributed by atoms with Crippen LogP contribution < -0.4 is 5.32 Å². The number of nitrogens with one attached hydrogen (secondary N) is 1. The van der Waals surface area contributed by atoms with Crippen LogP contribution in [0.25, 0.3) is 0 Å². The summed E-state index contributed by atoms with van der Waals surface area (Å²) in [7, 11) is 0. The van der Waals surface area contributed by atoms with Gasteiger partial charge in [0, 0.05) is 37.0 Å². The van der Waals surface area contributed by atoms with Gasteiger partial charge in [-0.25, -0.2) is 9.97 Å². The van der Waals surface area contributed by atoms with Gasteiger partial charge in [-0.15, -0.1) is 0 Å². The van der Waals surface area contributed by atoms with Crippen LogP contribution in [0.4, 0.5) is 0 Å². The normalized spacial score (nSPS) is 20.3. The molecule has 4 heteroatoms. The Balaban J connectivity index is 1.84. The first kappa shape index (κ1) is 13.4. The zero-order chi connectivity index (χ0) is 12.8. The highest BCUT2D eigenvalue weighted by atomic mass is 16.5. The zero-order valence-electron chi connectivity index (χ0n) is 11.4. The Labute approximate surface area is 109 Å². The summed E-state index contributed by atoms with van der Waals surface area (Å²) in [6.07, 6.45) is 6.13. The molecular formula is C14H23N3O. The lowest BCUT2D eigenvalue weighted by atomic mass is 10.0. The smallest absolute Gasteiger partial charge is 0.133 e. The summed E-state index contributed by atoms with van der Waals surface area (Å²) >= 11 is 0. The van der Waals surface area contributed by atoms with Gasteiger partial charge in [0.05, 0.1) is 6.61 Å². The molecule has 1 aliphatic heterocycles. The molecule has 0 aliphatic carbocycles. The van der Waals surface area contributed by atoms with Gasteiger partial charge >= 0.3 is 0 Å². The summed E-state index contributed by atoms with van der Waals surface area (Å²) in [5.41, 5.74) is 1.15. The minimum atomic E-state index is 0.386. The van der Waals surface area contributed by atoms with E-state index in [0.29, 0.717) is 11.8 Å². The Morgan fingerprint density at radius 1 is 1.39 bits per heavy atom. The fraction of sp³-hybridized carbons (Fsp3) is 0.714. The van der Waals surface area contributed by atoms with Crippen molar-refractivity contribution in [3.8, 4) is 0 Å². The monoisotopic (exact) mass is 249 g/mol. The van der Waals surface area contributed by atoms with Crippen LogP contribution in [-0.2, 0) is 11.3 Å². The van der Waals surface area contributed by atoms with Crippen LogP contribution in [-0.4, -0.2) is 29.7 Å². The van der Waals surface area contributed by atoms with Crippen molar-refractivity contribution in [2.75, 3.05) is 19.8 Å². The quantitative estimate of drug-likeness (QED) is 0.868. The highest BCUT2D eigenvalue weighted by Crippen LogP contribution is 2.21.